The lowest BCUT2D eigenvalue weighted by Gasteiger charge is -2.23. The number of carbonyl (C=O) groups excluding carboxylic acids is 1. The van der Waals surface area contributed by atoms with E-state index in [2.05, 4.69) is 25.7 Å². The van der Waals surface area contributed by atoms with Crippen molar-refractivity contribution in [1.29, 1.82) is 5.26 Å². The molecule has 3 aromatic heterocycles. The number of hydrogen-bond donors (Lipinski definition) is 1. The summed E-state index contributed by atoms with van der Waals surface area (Å²) in [5.74, 6) is -1.14. The Morgan fingerprint density at radius 1 is 1.16 bits per heavy atom. The second kappa shape index (κ2) is 11.3. The van der Waals surface area contributed by atoms with Crippen molar-refractivity contribution in [3.05, 3.63) is 93.6 Å². The van der Waals surface area contributed by atoms with Crippen LogP contribution in [0.1, 0.15) is 43.5 Å². The van der Waals surface area contributed by atoms with E-state index in [-0.39, 0.29) is 39.5 Å². The quantitative estimate of drug-likeness (QED) is 0.312. The van der Waals surface area contributed by atoms with Crippen LogP contribution in [0.15, 0.2) is 66.0 Å². The fraction of sp³-hybridized carbons (Fsp3) is 0.233. The lowest BCUT2D eigenvalue weighted by Crippen LogP contribution is -2.26. The van der Waals surface area contributed by atoms with E-state index in [1.165, 1.54) is 40.0 Å². The molecule has 0 spiro atoms. The van der Waals surface area contributed by atoms with E-state index in [4.69, 9.17) is 16.9 Å². The Hall–Kier alpha value is -5.15. The van der Waals surface area contributed by atoms with Crippen molar-refractivity contribution in [2.45, 2.75) is 32.2 Å². The molecular weight excluding hydrogens is 573 g/mol. The van der Waals surface area contributed by atoms with E-state index in [1.54, 1.807) is 17.9 Å². The molecule has 11 nitrogen and oxygen atoms in total. The first-order valence-electron chi connectivity index (χ1n) is 13.6. The fourth-order valence-corrected chi connectivity index (χ4v) is 5.58. The molecule has 1 amide bonds. The van der Waals surface area contributed by atoms with Crippen molar-refractivity contribution in [1.82, 2.24) is 34.3 Å². The van der Waals surface area contributed by atoms with E-state index in [0.717, 1.165) is 16.8 Å². The summed E-state index contributed by atoms with van der Waals surface area (Å²) in [6, 6.07) is 13.4. The van der Waals surface area contributed by atoms with Gasteiger partial charge in [0.25, 0.3) is 5.56 Å². The van der Waals surface area contributed by atoms with Crippen LogP contribution in [0.5, 0.6) is 0 Å². The molecule has 2 aromatic carbocycles. The molecule has 0 fully saturated rings. The van der Waals surface area contributed by atoms with Crippen LogP contribution in [-0.4, -0.2) is 40.2 Å². The van der Waals surface area contributed by atoms with E-state index >= 15 is 4.39 Å². The summed E-state index contributed by atoms with van der Waals surface area (Å²) in [7, 11) is 1.81. The van der Waals surface area contributed by atoms with Gasteiger partial charge in [-0.05, 0) is 36.6 Å². The van der Waals surface area contributed by atoms with Crippen LogP contribution in [0.3, 0.4) is 0 Å². The summed E-state index contributed by atoms with van der Waals surface area (Å²) in [6.07, 6.45) is 6.22. The number of benzene rings is 2. The first kappa shape index (κ1) is 28.0. The second-order valence-electron chi connectivity index (χ2n) is 10.4. The van der Waals surface area contributed by atoms with Gasteiger partial charge in [0.2, 0.25) is 5.91 Å². The zero-order valence-corrected chi connectivity index (χ0v) is 24.0. The topological polar surface area (TPSA) is 136 Å². The predicted molar refractivity (Wildman–Crippen MR) is 157 cm³/mol. The molecule has 2 atom stereocenters. The molecular formula is C30H25ClFN9O2. The number of amides is 1. The third kappa shape index (κ3) is 5.19. The van der Waals surface area contributed by atoms with Gasteiger partial charge >= 0.3 is 0 Å². The third-order valence-electron chi connectivity index (χ3n) is 7.66. The van der Waals surface area contributed by atoms with Crippen molar-refractivity contribution >= 4 is 23.2 Å². The maximum Gasteiger partial charge on any atom is 0.254 e. The standard InChI is InChI=1S/C30H25ClFN9O2/c1-17-5-3-8-24(18-6-4-7-19(11-18)29-23(36-30(17)43)14-35-39(29)2)40-16-34-22(12-26(40)42)27-25(10-9-21(31)28(27)32)41-15-20(13-33)37-38-41/h4,6-7,9-12,14-17,24H,3,5,8H2,1-2H3,(H,36,43)/t17-,24+/m1/s1. The monoisotopic (exact) mass is 597 g/mol. The number of hydrogen-bond acceptors (Lipinski definition) is 7. The molecule has 0 radical (unpaired) electrons. The fourth-order valence-electron chi connectivity index (χ4n) is 5.42. The molecule has 2 bridgehead atoms. The van der Waals surface area contributed by atoms with Gasteiger partial charge in [0.1, 0.15) is 6.07 Å². The summed E-state index contributed by atoms with van der Waals surface area (Å²) in [5.41, 5.74) is 2.94. The first-order valence-corrected chi connectivity index (χ1v) is 14.0. The summed E-state index contributed by atoms with van der Waals surface area (Å²) in [4.78, 5) is 31.1. The SMILES string of the molecule is C[C@@H]1CCC[C@H](n2cnc(-c3c(-n4cc(C#N)nn4)ccc(Cl)c3F)cc2=O)c2cccc(c2)-c2c(cnn2C)NC1=O. The molecule has 1 N–H and O–H groups in total. The maximum atomic E-state index is 15.5. The summed E-state index contributed by atoms with van der Waals surface area (Å²) in [6.45, 7) is 1.87. The van der Waals surface area contributed by atoms with Gasteiger partial charge in [0.05, 0.1) is 58.1 Å². The molecule has 13 heteroatoms. The van der Waals surface area contributed by atoms with Crippen LogP contribution in [-0.2, 0) is 11.8 Å². The van der Waals surface area contributed by atoms with Crippen molar-refractivity contribution in [3.8, 4) is 34.3 Å². The highest BCUT2D eigenvalue weighted by molar-refractivity contribution is 6.31. The van der Waals surface area contributed by atoms with E-state index in [1.807, 2.05) is 37.3 Å². The average molecular weight is 598 g/mol. The predicted octanol–water partition coefficient (Wildman–Crippen LogP) is 4.90. The van der Waals surface area contributed by atoms with Crippen molar-refractivity contribution in [2.75, 3.05) is 5.32 Å². The molecule has 1 aliphatic rings. The number of anilines is 1. The number of nitriles is 1. The highest BCUT2D eigenvalue weighted by Crippen LogP contribution is 2.35. The van der Waals surface area contributed by atoms with Crippen LogP contribution in [0, 0.1) is 23.1 Å². The van der Waals surface area contributed by atoms with Crippen LogP contribution in [0.4, 0.5) is 10.1 Å². The molecule has 5 aromatic rings. The molecule has 0 aliphatic carbocycles. The average Bonchev–Trinajstić information content (AvgIpc) is 3.63. The van der Waals surface area contributed by atoms with Gasteiger partial charge in [-0.3, -0.25) is 18.8 Å². The number of nitrogens with one attached hydrogen (secondary N) is 1. The molecule has 216 valence electrons. The van der Waals surface area contributed by atoms with Gasteiger partial charge in [-0.15, -0.1) is 5.10 Å². The number of aromatic nitrogens is 7. The molecule has 0 saturated heterocycles. The molecule has 1 aliphatic heterocycles. The Kier molecular flexibility index (Phi) is 7.33. The maximum absolute atomic E-state index is 15.5. The number of rotatable bonds is 3. The Bertz CT molecular complexity index is 1970. The Labute approximate surface area is 250 Å². The Balaban J connectivity index is 1.45. The minimum absolute atomic E-state index is 0.0412. The van der Waals surface area contributed by atoms with Crippen LogP contribution < -0.4 is 10.9 Å². The number of nitrogens with zero attached hydrogens (tertiary/aromatic N) is 8. The molecule has 6 rings (SSSR count). The summed E-state index contributed by atoms with van der Waals surface area (Å²) in [5, 5.41) is 24.0. The first-order chi connectivity index (χ1) is 20.7. The van der Waals surface area contributed by atoms with E-state index in [9.17, 15) is 9.59 Å². The molecule has 4 heterocycles. The number of carbonyl (C=O) groups is 1. The van der Waals surface area contributed by atoms with Gasteiger partial charge < -0.3 is 5.32 Å². The largest absolute Gasteiger partial charge is 0.323 e. The normalized spacial score (nSPS) is 16.9. The van der Waals surface area contributed by atoms with E-state index in [0.29, 0.717) is 24.9 Å². The van der Waals surface area contributed by atoms with Gasteiger partial charge in [-0.25, -0.2) is 14.1 Å². The van der Waals surface area contributed by atoms with Gasteiger partial charge in [0, 0.05) is 24.6 Å². The summed E-state index contributed by atoms with van der Waals surface area (Å²) >= 11 is 6.12. The Morgan fingerprint density at radius 2 is 2.00 bits per heavy atom. The highest BCUT2D eigenvalue weighted by Gasteiger charge is 2.24. The van der Waals surface area contributed by atoms with Gasteiger partial charge in [0.15, 0.2) is 11.5 Å². The lowest BCUT2D eigenvalue weighted by molar-refractivity contribution is -0.119. The zero-order chi connectivity index (χ0) is 30.2. The van der Waals surface area contributed by atoms with Crippen LogP contribution >= 0.6 is 11.6 Å². The van der Waals surface area contributed by atoms with Crippen molar-refractivity contribution in [2.24, 2.45) is 13.0 Å². The lowest BCUT2D eigenvalue weighted by atomic mass is 9.94. The second-order valence-corrected chi connectivity index (χ2v) is 10.8. The van der Waals surface area contributed by atoms with Crippen molar-refractivity contribution in [3.63, 3.8) is 0 Å². The molecule has 0 saturated carbocycles. The van der Waals surface area contributed by atoms with Gasteiger partial charge in [-0.1, -0.05) is 48.4 Å². The number of aryl methyl sites for hydroxylation is 1. The molecule has 43 heavy (non-hydrogen) atoms. The smallest absolute Gasteiger partial charge is 0.254 e. The highest BCUT2D eigenvalue weighted by atomic mass is 35.5. The molecule has 0 unspecified atom stereocenters. The summed E-state index contributed by atoms with van der Waals surface area (Å²) < 4.78 is 19.9. The minimum Gasteiger partial charge on any atom is -0.323 e. The number of halogens is 2. The van der Waals surface area contributed by atoms with E-state index < -0.39 is 17.4 Å². The van der Waals surface area contributed by atoms with Gasteiger partial charge in [-0.2, -0.15) is 10.4 Å². The zero-order valence-electron chi connectivity index (χ0n) is 23.2. The minimum atomic E-state index is -0.782. The van der Waals surface area contributed by atoms with Crippen molar-refractivity contribution < 1.29 is 9.18 Å². The van der Waals surface area contributed by atoms with Crippen LogP contribution in [0.2, 0.25) is 5.02 Å². The van der Waals surface area contributed by atoms with Crippen LogP contribution in [0.25, 0.3) is 28.2 Å². The Morgan fingerprint density at radius 3 is 2.77 bits per heavy atom. The third-order valence-corrected chi connectivity index (χ3v) is 7.95. The number of fused-ring (bicyclic) bond motifs is 4.